The molecule has 0 unspecified atom stereocenters. The highest BCUT2D eigenvalue weighted by Crippen LogP contribution is 2.51. The Bertz CT molecular complexity index is 2410. The molecular weight excluding hydrogens is 567 g/mol. The number of carbonyl (C=O) groups excluding carboxylic acids is 4. The molecule has 2 N–H and O–H groups in total. The third kappa shape index (κ3) is 3.11. The zero-order chi connectivity index (χ0) is 30.3. The third-order valence-corrected chi connectivity index (χ3v) is 9.65. The van der Waals surface area contributed by atoms with Crippen molar-refractivity contribution in [3.05, 3.63) is 99.6 Å². The number of carbonyl (C=O) groups is 4. The van der Waals surface area contributed by atoms with Crippen LogP contribution in [-0.2, 0) is 4.57 Å². The summed E-state index contributed by atoms with van der Waals surface area (Å²) >= 11 is 0. The number of fused-ring (bicyclic) bond motifs is 2. The van der Waals surface area contributed by atoms with E-state index in [2.05, 4.69) is 0 Å². The molecule has 0 fully saturated rings. The van der Waals surface area contributed by atoms with Crippen molar-refractivity contribution in [2.75, 3.05) is 4.90 Å². The van der Waals surface area contributed by atoms with Gasteiger partial charge in [0.15, 0.2) is 0 Å². The van der Waals surface area contributed by atoms with E-state index in [1.54, 1.807) is 43.3 Å². The Labute approximate surface area is 243 Å². The number of aryl methyl sites for hydroxylation is 3. The number of amides is 4. The van der Waals surface area contributed by atoms with Crippen LogP contribution in [-0.4, -0.2) is 38.1 Å². The van der Waals surface area contributed by atoms with Gasteiger partial charge in [-0.3, -0.25) is 19.2 Å². The third-order valence-electron chi connectivity index (χ3n) is 8.76. The lowest BCUT2D eigenvalue weighted by Gasteiger charge is -2.31. The van der Waals surface area contributed by atoms with Crippen LogP contribution in [0.4, 0.5) is 5.69 Å². The van der Waals surface area contributed by atoms with Crippen LogP contribution in [0.3, 0.4) is 0 Å². The molecule has 4 amide bonds. The summed E-state index contributed by atoms with van der Waals surface area (Å²) in [7, 11) is -5.23. The molecule has 0 saturated carbocycles. The molecule has 2 aliphatic rings. The molecule has 10 heteroatoms. The molecule has 2 heterocycles. The van der Waals surface area contributed by atoms with E-state index in [4.69, 9.17) is 0 Å². The molecule has 9 nitrogen and oxygen atoms in total. The first-order valence-electron chi connectivity index (χ1n) is 13.5. The summed E-state index contributed by atoms with van der Waals surface area (Å²) in [6, 6.07) is 17.3. The Morgan fingerprint density at radius 3 is 1.49 bits per heavy atom. The van der Waals surface area contributed by atoms with Crippen molar-refractivity contribution in [3.8, 4) is 0 Å². The highest BCUT2D eigenvalue weighted by molar-refractivity contribution is 7.51. The monoisotopic (exact) mass is 588 g/mol. The van der Waals surface area contributed by atoms with Crippen LogP contribution in [0.25, 0.3) is 43.1 Å². The van der Waals surface area contributed by atoms with Crippen LogP contribution >= 0.6 is 7.75 Å². The van der Waals surface area contributed by atoms with Gasteiger partial charge in [-0.1, -0.05) is 29.8 Å². The lowest BCUT2D eigenvalue weighted by atomic mass is 9.80. The highest BCUT2D eigenvalue weighted by Gasteiger charge is 2.44. The number of nitrogens with zero attached hydrogens (tertiary/aromatic N) is 2. The summed E-state index contributed by atoms with van der Waals surface area (Å²) in [6.07, 6.45) is 0. The van der Waals surface area contributed by atoms with Crippen molar-refractivity contribution in [2.24, 2.45) is 0 Å². The van der Waals surface area contributed by atoms with Gasteiger partial charge in [0.25, 0.3) is 23.6 Å². The zero-order valence-electron chi connectivity index (χ0n) is 23.1. The maximum atomic E-state index is 14.0. The van der Waals surface area contributed by atoms with Gasteiger partial charge in [0, 0.05) is 33.0 Å². The number of benzene rings is 6. The minimum absolute atomic E-state index is 0.0173. The van der Waals surface area contributed by atoms with Crippen LogP contribution in [0.15, 0.2) is 60.7 Å². The Hall–Kier alpha value is -4.95. The Morgan fingerprint density at radius 1 is 0.535 bits per heavy atom. The van der Waals surface area contributed by atoms with Crippen molar-refractivity contribution in [3.63, 3.8) is 0 Å². The van der Waals surface area contributed by atoms with E-state index >= 15 is 0 Å². The molecule has 0 spiro atoms. The van der Waals surface area contributed by atoms with E-state index in [9.17, 15) is 33.5 Å². The second kappa shape index (κ2) is 8.11. The molecule has 0 aromatic heterocycles. The second-order valence-electron chi connectivity index (χ2n) is 11.3. The summed E-state index contributed by atoms with van der Waals surface area (Å²) in [5.74, 6) is -2.97. The maximum absolute atomic E-state index is 14.0. The highest BCUT2D eigenvalue weighted by atomic mass is 31.2. The molecule has 2 aliphatic heterocycles. The van der Waals surface area contributed by atoms with Crippen LogP contribution in [0, 0.1) is 20.8 Å². The molecule has 6 aromatic carbocycles. The first-order valence-corrected chi connectivity index (χ1v) is 15.1. The van der Waals surface area contributed by atoms with Gasteiger partial charge in [0.2, 0.25) is 0 Å². The van der Waals surface area contributed by atoms with E-state index in [0.717, 1.165) is 32.7 Å². The first kappa shape index (κ1) is 25.7. The standard InChI is InChI=1S/C33H21N2O7P/c1-14-4-6-17(7-5-14)34-30(36)20-10-8-18-25-16(3)13-23-27-21(32(38)35(33(23)39)43(40,41)42)11-9-19(29(25)27)24-15(2)12-22(31(34)37)26(20)28(18)24/h4-13H,1-3H3,(H2,40,41,42). The van der Waals surface area contributed by atoms with Gasteiger partial charge in [-0.25, -0.2) is 9.46 Å². The van der Waals surface area contributed by atoms with E-state index in [0.29, 0.717) is 43.9 Å². The average Bonchev–Trinajstić information content (AvgIpc) is 2.95. The topological polar surface area (TPSA) is 132 Å². The minimum atomic E-state index is -5.23. The van der Waals surface area contributed by atoms with Gasteiger partial charge in [-0.2, -0.15) is 4.67 Å². The summed E-state index contributed by atoms with van der Waals surface area (Å²) in [5, 5.41) is 5.19. The number of hydrogen-bond acceptors (Lipinski definition) is 5. The fraction of sp³-hybridized carbons (Fsp3) is 0.0909. The van der Waals surface area contributed by atoms with Crippen LogP contribution in [0.2, 0.25) is 0 Å². The fourth-order valence-electron chi connectivity index (χ4n) is 7.02. The molecule has 0 radical (unpaired) electrons. The number of anilines is 1. The van der Waals surface area contributed by atoms with Crippen molar-refractivity contribution in [1.29, 1.82) is 0 Å². The molecule has 0 saturated heterocycles. The molecular formula is C33H21N2O7P. The summed E-state index contributed by atoms with van der Waals surface area (Å²) in [5.41, 5.74) is 3.74. The minimum Gasteiger partial charge on any atom is -0.308 e. The number of imide groups is 2. The van der Waals surface area contributed by atoms with Crippen molar-refractivity contribution < 1.29 is 33.5 Å². The molecule has 0 bridgehead atoms. The molecule has 6 aromatic rings. The van der Waals surface area contributed by atoms with Gasteiger partial charge >= 0.3 is 7.75 Å². The predicted molar refractivity (Wildman–Crippen MR) is 162 cm³/mol. The molecule has 8 rings (SSSR count). The lowest BCUT2D eigenvalue weighted by Crippen LogP contribution is -2.40. The first-order chi connectivity index (χ1) is 20.4. The normalized spacial score (nSPS) is 15.3. The summed E-state index contributed by atoms with van der Waals surface area (Å²) in [4.78, 5) is 75.4. The molecule has 210 valence electrons. The average molecular weight is 589 g/mol. The molecule has 0 aliphatic carbocycles. The van der Waals surface area contributed by atoms with Crippen LogP contribution in [0.1, 0.15) is 58.1 Å². The van der Waals surface area contributed by atoms with Crippen LogP contribution < -0.4 is 4.90 Å². The second-order valence-corrected chi connectivity index (χ2v) is 12.7. The SMILES string of the molecule is Cc1ccc(N2C(=O)c3ccc4c5c(C)cc6c7c(ccc(c8c(C)cc(c3c48)C2=O)c75)C(=O)N(P(=O)(O)O)C6=O)cc1. The maximum Gasteiger partial charge on any atom is 0.439 e. The smallest absolute Gasteiger partial charge is 0.308 e. The van der Waals surface area contributed by atoms with Gasteiger partial charge in [-0.15, -0.1) is 0 Å². The quantitative estimate of drug-likeness (QED) is 0.107. The summed E-state index contributed by atoms with van der Waals surface area (Å²) in [6.45, 7) is 5.59. The van der Waals surface area contributed by atoms with Gasteiger partial charge in [-0.05, 0) is 101 Å². The number of rotatable bonds is 2. The van der Waals surface area contributed by atoms with E-state index in [1.807, 2.05) is 32.0 Å². The molecule has 0 atom stereocenters. The van der Waals surface area contributed by atoms with Crippen LogP contribution in [0.5, 0.6) is 0 Å². The van der Waals surface area contributed by atoms with Crippen molar-refractivity contribution >= 4 is 80.2 Å². The Balaban J connectivity index is 1.51. The van der Waals surface area contributed by atoms with Gasteiger partial charge in [0.05, 0.1) is 5.69 Å². The Morgan fingerprint density at radius 2 is 0.977 bits per heavy atom. The van der Waals surface area contributed by atoms with Crippen molar-refractivity contribution in [1.82, 2.24) is 4.67 Å². The van der Waals surface area contributed by atoms with E-state index in [-0.39, 0.29) is 15.8 Å². The largest absolute Gasteiger partial charge is 0.439 e. The van der Waals surface area contributed by atoms with Gasteiger partial charge in [0.1, 0.15) is 0 Å². The number of hydrogen-bond donors (Lipinski definition) is 2. The van der Waals surface area contributed by atoms with E-state index in [1.165, 1.54) is 11.0 Å². The van der Waals surface area contributed by atoms with Gasteiger partial charge < -0.3 is 9.79 Å². The zero-order valence-corrected chi connectivity index (χ0v) is 23.9. The van der Waals surface area contributed by atoms with E-state index < -0.39 is 31.4 Å². The predicted octanol–water partition coefficient (Wildman–Crippen LogP) is 6.15. The van der Waals surface area contributed by atoms with Crippen molar-refractivity contribution in [2.45, 2.75) is 20.8 Å². The fourth-order valence-corrected chi connectivity index (χ4v) is 7.71. The Kier molecular flexibility index (Phi) is 4.85. The summed E-state index contributed by atoms with van der Waals surface area (Å²) < 4.78 is 12.2. The lowest BCUT2D eigenvalue weighted by molar-refractivity contribution is 0.0688. The molecule has 43 heavy (non-hydrogen) atoms.